The maximum Gasteiger partial charge on any atom is 0.203 e. The summed E-state index contributed by atoms with van der Waals surface area (Å²) in [5, 5.41) is 0. The summed E-state index contributed by atoms with van der Waals surface area (Å²) in [6.07, 6.45) is 39.0. The average molecular weight is 746 g/mol. The van der Waals surface area contributed by atoms with Gasteiger partial charge in [0.05, 0.1) is 20.3 Å². The van der Waals surface area contributed by atoms with Gasteiger partial charge < -0.3 is 14.4 Å². The monoisotopic (exact) mass is 746 g/mol. The zero-order valence-corrected chi connectivity index (χ0v) is 36.9. The van der Waals surface area contributed by atoms with E-state index in [0.717, 1.165) is 37.7 Å². The van der Waals surface area contributed by atoms with Crippen LogP contribution in [-0.2, 0) is 10.2 Å². The number of methoxy groups -OCH3 is 2. The van der Waals surface area contributed by atoms with Crippen LogP contribution in [-0.4, -0.2) is 50.7 Å². The molecule has 0 spiro atoms. The number of anilines is 1. The van der Waals surface area contributed by atoms with Crippen LogP contribution in [0.1, 0.15) is 207 Å². The Balaban J connectivity index is 1.98. The van der Waals surface area contributed by atoms with Crippen molar-refractivity contribution in [3.05, 3.63) is 52.3 Å². The van der Waals surface area contributed by atoms with E-state index in [1.807, 2.05) is 14.2 Å². The number of fused-ring (bicyclic) bond motifs is 2. The normalized spacial score (nSPS) is 14.6. The Morgan fingerprint density at radius 3 is 1.46 bits per heavy atom. The van der Waals surface area contributed by atoms with Crippen molar-refractivity contribution in [1.82, 2.24) is 0 Å². The summed E-state index contributed by atoms with van der Waals surface area (Å²) in [5.74, 6) is 1.96. The molecule has 0 aliphatic heterocycles. The lowest BCUT2D eigenvalue weighted by atomic mass is 9.67. The van der Waals surface area contributed by atoms with Crippen LogP contribution >= 0.6 is 0 Å². The largest absolute Gasteiger partial charge is 0.496 e. The fourth-order valence-electron chi connectivity index (χ4n) is 8.62. The second kappa shape index (κ2) is 26.4. The molecule has 0 fully saturated rings. The smallest absolute Gasteiger partial charge is 0.203 e. The summed E-state index contributed by atoms with van der Waals surface area (Å²) in [5.41, 5.74) is 7.61. The molecule has 3 rings (SSSR count). The van der Waals surface area contributed by atoms with Gasteiger partial charge in [0.25, 0.3) is 0 Å². The van der Waals surface area contributed by atoms with Crippen molar-refractivity contribution in [1.29, 1.82) is 0 Å². The van der Waals surface area contributed by atoms with Crippen LogP contribution in [0.5, 0.6) is 5.75 Å². The van der Waals surface area contributed by atoms with Crippen LogP contribution in [0.15, 0.2) is 41.2 Å². The van der Waals surface area contributed by atoms with Crippen LogP contribution in [0.4, 0.5) is 5.69 Å². The lowest BCUT2D eigenvalue weighted by molar-refractivity contribution is -0.527. The molecule has 0 amide bonds. The fourth-order valence-corrected chi connectivity index (χ4v) is 8.62. The molecule has 4 heteroatoms. The second-order valence-electron chi connectivity index (χ2n) is 17.0. The van der Waals surface area contributed by atoms with Gasteiger partial charge in [0.1, 0.15) is 24.6 Å². The topological polar surface area (TPSA) is 24.7 Å². The van der Waals surface area contributed by atoms with Crippen molar-refractivity contribution in [3.8, 4) is 5.75 Å². The lowest BCUT2D eigenvalue weighted by Crippen LogP contribution is -2.32. The van der Waals surface area contributed by atoms with Gasteiger partial charge in [-0.15, -0.1) is 0 Å². The number of benzene rings is 1. The van der Waals surface area contributed by atoms with Crippen LogP contribution in [0.25, 0.3) is 6.08 Å². The van der Waals surface area contributed by atoms with E-state index in [4.69, 9.17) is 9.47 Å². The van der Waals surface area contributed by atoms with Crippen molar-refractivity contribution >= 4 is 17.5 Å². The van der Waals surface area contributed by atoms with Gasteiger partial charge in [-0.2, -0.15) is 0 Å². The van der Waals surface area contributed by atoms with Gasteiger partial charge in [-0.25, -0.2) is 4.58 Å². The molecular weight excluding hydrogens is 661 g/mol. The Hall–Kier alpha value is -2.49. The molecule has 1 aromatic carbocycles. The number of unbranched alkanes of at least 4 members (excludes halogenated alkanes) is 20. The maximum atomic E-state index is 6.24. The molecule has 2 aliphatic rings. The third-order valence-corrected chi connectivity index (χ3v) is 12.2. The number of allylic oxidation sites excluding steroid dienone is 3. The standard InChI is InChI=1S/C50H85N2O2/c1-9-13-17-21-25-29-33-51(34-30-26-22-18-14-10-2)42-37-46-44(48(39-42)53-7)41-45-47(50(46,5)6)38-43(40-49(45)54-8)52(35-31-27-23-19-15-11-3)36-32-28-24-20-16-12-4/h37-41H,9-36H2,1-8H3/q+1. The number of nitrogens with zero attached hydrogens (tertiary/aromatic N) is 2. The van der Waals surface area contributed by atoms with Gasteiger partial charge in [0, 0.05) is 60.3 Å². The van der Waals surface area contributed by atoms with Crippen LogP contribution in [0.2, 0.25) is 0 Å². The van der Waals surface area contributed by atoms with Crippen LogP contribution < -0.4 is 9.64 Å². The first-order chi connectivity index (χ1) is 26.4. The summed E-state index contributed by atoms with van der Waals surface area (Å²) in [6, 6.07) is 4.85. The summed E-state index contributed by atoms with van der Waals surface area (Å²) in [4.78, 5) is 2.69. The average Bonchev–Trinajstić information content (AvgIpc) is 3.18. The first kappa shape index (κ1) is 45.9. The predicted molar refractivity (Wildman–Crippen MR) is 238 cm³/mol. The first-order valence-electron chi connectivity index (χ1n) is 23.2. The van der Waals surface area contributed by atoms with Crippen molar-refractivity contribution in [2.24, 2.45) is 0 Å². The third kappa shape index (κ3) is 14.5. The molecule has 0 saturated heterocycles. The van der Waals surface area contributed by atoms with E-state index in [2.05, 4.69) is 81.4 Å². The van der Waals surface area contributed by atoms with E-state index in [1.165, 1.54) is 188 Å². The molecule has 54 heavy (non-hydrogen) atoms. The first-order valence-corrected chi connectivity index (χ1v) is 23.2. The third-order valence-electron chi connectivity index (χ3n) is 12.2. The Morgan fingerprint density at radius 2 is 1.00 bits per heavy atom. The predicted octanol–water partition coefficient (Wildman–Crippen LogP) is 14.5. The summed E-state index contributed by atoms with van der Waals surface area (Å²) in [6.45, 7) is 18.6. The van der Waals surface area contributed by atoms with Gasteiger partial charge in [-0.1, -0.05) is 157 Å². The van der Waals surface area contributed by atoms with Crippen molar-refractivity contribution in [3.63, 3.8) is 0 Å². The summed E-state index contributed by atoms with van der Waals surface area (Å²) < 4.78 is 15.2. The van der Waals surface area contributed by atoms with E-state index in [9.17, 15) is 0 Å². The van der Waals surface area contributed by atoms with E-state index in [0.29, 0.717) is 0 Å². The number of hydrogen-bond donors (Lipinski definition) is 0. The highest BCUT2D eigenvalue weighted by atomic mass is 16.5. The molecule has 0 radical (unpaired) electrons. The summed E-state index contributed by atoms with van der Waals surface area (Å²) in [7, 11) is 3.70. The molecule has 4 nitrogen and oxygen atoms in total. The van der Waals surface area contributed by atoms with Crippen LogP contribution in [0, 0.1) is 0 Å². The molecule has 2 aliphatic carbocycles. The van der Waals surface area contributed by atoms with Gasteiger partial charge >= 0.3 is 0 Å². The molecule has 0 atom stereocenters. The Kier molecular flexibility index (Phi) is 22.4. The number of hydrogen-bond acceptors (Lipinski definition) is 3. The van der Waals surface area contributed by atoms with E-state index in [1.54, 1.807) is 0 Å². The Morgan fingerprint density at radius 1 is 0.537 bits per heavy atom. The molecule has 306 valence electrons. The minimum Gasteiger partial charge on any atom is -0.496 e. The molecule has 0 N–H and O–H groups in total. The van der Waals surface area contributed by atoms with Crippen molar-refractivity contribution in [2.45, 2.75) is 201 Å². The lowest BCUT2D eigenvalue weighted by Gasteiger charge is -2.39. The zero-order valence-electron chi connectivity index (χ0n) is 36.9. The highest BCUT2D eigenvalue weighted by molar-refractivity contribution is 6.05. The number of ether oxygens (including phenoxy) is 2. The van der Waals surface area contributed by atoms with E-state index < -0.39 is 0 Å². The molecule has 0 bridgehead atoms. The molecule has 0 heterocycles. The van der Waals surface area contributed by atoms with Gasteiger partial charge in [-0.05, 0) is 49.0 Å². The zero-order chi connectivity index (χ0) is 39.0. The van der Waals surface area contributed by atoms with Gasteiger partial charge in [0.2, 0.25) is 5.71 Å². The van der Waals surface area contributed by atoms with Gasteiger partial charge in [0.15, 0.2) is 0 Å². The fraction of sp³-hybridized carbons (Fsp3) is 0.740. The highest BCUT2D eigenvalue weighted by Gasteiger charge is 2.40. The Bertz CT molecular complexity index is 1300. The minimum absolute atomic E-state index is 0.204. The molecule has 0 aromatic heterocycles. The highest BCUT2D eigenvalue weighted by Crippen LogP contribution is 2.50. The van der Waals surface area contributed by atoms with Crippen molar-refractivity contribution < 1.29 is 14.0 Å². The van der Waals surface area contributed by atoms with Crippen LogP contribution in [0.3, 0.4) is 0 Å². The molecule has 0 unspecified atom stereocenters. The molecule has 1 aromatic rings. The van der Waals surface area contributed by atoms with E-state index >= 15 is 0 Å². The maximum absolute atomic E-state index is 6.24. The molecular formula is C50H85N2O2+. The van der Waals surface area contributed by atoms with Crippen molar-refractivity contribution in [2.75, 3.05) is 45.3 Å². The van der Waals surface area contributed by atoms with E-state index in [-0.39, 0.29) is 5.41 Å². The minimum atomic E-state index is -0.204. The summed E-state index contributed by atoms with van der Waals surface area (Å²) >= 11 is 0. The number of rotatable bonds is 31. The SMILES string of the molecule is CCCCCCCCN(CCCCCCCC)c1cc(OC)c2c(c1)C(C)(C)C1=CC(=[N+](CCCCCCCC)CCCCCCCC)C=C(OC)C1=C2. The Labute approximate surface area is 335 Å². The second-order valence-corrected chi connectivity index (χ2v) is 17.0. The van der Waals surface area contributed by atoms with Gasteiger partial charge in [-0.3, -0.25) is 0 Å². The molecule has 0 saturated carbocycles. The quantitative estimate of drug-likeness (QED) is 0.0559.